The second-order valence-electron chi connectivity index (χ2n) is 0.908. The van der Waals surface area contributed by atoms with Crippen LogP contribution in [0, 0.1) is 0 Å². The van der Waals surface area contributed by atoms with Crippen molar-refractivity contribution in [2.75, 3.05) is 7.11 Å². The van der Waals surface area contributed by atoms with Gasteiger partial charge in [0.05, 0.1) is 0 Å². The number of Topliss-reactive ketones (excluding diaryl/α,β-unsaturated/α-hetero) is 1. The molecule has 0 aliphatic carbocycles. The van der Waals surface area contributed by atoms with E-state index < -0.39 is 0 Å². The Morgan fingerprint density at radius 3 is 1.25 bits per heavy atom. The van der Waals surface area contributed by atoms with Crippen molar-refractivity contribution in [1.82, 2.24) is 0 Å². The molecule has 0 aromatic heterocycles. The van der Waals surface area contributed by atoms with Gasteiger partial charge >= 0.3 is 0 Å². The molecule has 0 aliphatic rings. The smallest absolute Gasteiger partial charge is 0.126 e. The third kappa shape index (κ3) is 200. The SMILES string of the molecule is C=O.CC(C)=O.CO. The third-order valence-electron chi connectivity index (χ3n) is 0. The maximum absolute atomic E-state index is 9.44. The lowest BCUT2D eigenvalue weighted by Gasteiger charge is -1.56. The van der Waals surface area contributed by atoms with Crippen LogP contribution in [0.15, 0.2) is 0 Å². The van der Waals surface area contributed by atoms with Gasteiger partial charge in [-0.2, -0.15) is 0 Å². The van der Waals surface area contributed by atoms with Crippen LogP contribution in [0.25, 0.3) is 0 Å². The number of hydrogen-bond acceptors (Lipinski definition) is 3. The lowest BCUT2D eigenvalue weighted by atomic mass is 10.6. The fraction of sp³-hybridized carbons (Fsp3) is 0.600. The molecular formula is C5H12O3. The molecule has 0 amide bonds. The normalized spacial score (nSPS) is 4.50. The standard InChI is InChI=1S/C3H6O.CH4O.CH2O/c1-3(2)4;2*1-2/h1-2H3;2H,1H3;1H2. The van der Waals surface area contributed by atoms with E-state index in [9.17, 15) is 4.79 Å². The summed E-state index contributed by atoms with van der Waals surface area (Å²) in [5, 5.41) is 7.00. The van der Waals surface area contributed by atoms with Gasteiger partial charge in [-0.25, -0.2) is 0 Å². The number of aliphatic hydroxyl groups excluding tert-OH is 1. The van der Waals surface area contributed by atoms with Gasteiger partial charge in [0, 0.05) is 7.11 Å². The second kappa shape index (κ2) is 33.5. The molecule has 0 unspecified atom stereocenters. The zero-order valence-electron chi connectivity index (χ0n) is 5.47. The summed E-state index contributed by atoms with van der Waals surface area (Å²) in [5.74, 6) is 0.167. The van der Waals surface area contributed by atoms with Crippen LogP contribution in [0.5, 0.6) is 0 Å². The molecule has 0 saturated heterocycles. The van der Waals surface area contributed by atoms with Gasteiger partial charge in [0.25, 0.3) is 0 Å². The molecule has 0 aliphatic heterocycles. The van der Waals surface area contributed by atoms with Gasteiger partial charge in [0.2, 0.25) is 0 Å². The quantitative estimate of drug-likeness (QED) is 0.490. The van der Waals surface area contributed by atoms with Crippen molar-refractivity contribution in [2.45, 2.75) is 13.8 Å². The Balaban J connectivity index is -0.0000000542. The maximum atomic E-state index is 9.44. The molecule has 1 N–H and O–H groups in total. The average Bonchev–Trinajstić information content (AvgIpc) is 1.75. The monoisotopic (exact) mass is 120 g/mol. The van der Waals surface area contributed by atoms with Gasteiger partial charge in [0.15, 0.2) is 0 Å². The van der Waals surface area contributed by atoms with Crippen molar-refractivity contribution < 1.29 is 14.7 Å². The molecule has 3 nitrogen and oxygen atoms in total. The topological polar surface area (TPSA) is 54.4 Å². The van der Waals surface area contributed by atoms with E-state index in [2.05, 4.69) is 0 Å². The number of ketones is 1. The van der Waals surface area contributed by atoms with E-state index in [0.717, 1.165) is 7.11 Å². The van der Waals surface area contributed by atoms with Gasteiger partial charge in [-0.3, -0.25) is 0 Å². The average molecular weight is 120 g/mol. The van der Waals surface area contributed by atoms with Crippen LogP contribution in [0.3, 0.4) is 0 Å². The molecule has 0 fully saturated rings. The lowest BCUT2D eigenvalue weighted by Crippen LogP contribution is -1.69. The largest absolute Gasteiger partial charge is 0.400 e. The highest BCUT2D eigenvalue weighted by Gasteiger charge is 1.62. The Hall–Kier alpha value is -0.700. The van der Waals surface area contributed by atoms with Gasteiger partial charge < -0.3 is 14.7 Å². The minimum Gasteiger partial charge on any atom is -0.400 e. The Bertz CT molecular complexity index is 38.9. The number of carbonyl (C=O) groups is 2. The zero-order valence-corrected chi connectivity index (χ0v) is 5.47. The lowest BCUT2D eigenvalue weighted by molar-refractivity contribution is -0.115. The number of aliphatic hydroxyl groups is 1. The Morgan fingerprint density at radius 1 is 1.25 bits per heavy atom. The molecule has 0 atom stereocenters. The summed E-state index contributed by atoms with van der Waals surface area (Å²) >= 11 is 0. The molecule has 0 rings (SSSR count). The Kier molecular flexibility index (Phi) is 65.5. The summed E-state index contributed by atoms with van der Waals surface area (Å²) in [6, 6.07) is 0. The molecule has 0 radical (unpaired) electrons. The number of hydrogen-bond donors (Lipinski definition) is 1. The summed E-state index contributed by atoms with van der Waals surface area (Å²) < 4.78 is 0. The first-order chi connectivity index (χ1) is 3.73. The minimum atomic E-state index is 0.167. The first kappa shape index (κ1) is 15.7. The zero-order chi connectivity index (χ0) is 7.58. The molecule has 50 valence electrons. The molecule has 0 spiro atoms. The van der Waals surface area contributed by atoms with Gasteiger partial charge in [-0.05, 0) is 13.8 Å². The molecule has 8 heavy (non-hydrogen) atoms. The van der Waals surface area contributed by atoms with Crippen LogP contribution in [-0.2, 0) is 9.59 Å². The van der Waals surface area contributed by atoms with Crippen LogP contribution in [0.1, 0.15) is 13.8 Å². The number of rotatable bonds is 0. The summed E-state index contributed by atoms with van der Waals surface area (Å²) in [5.41, 5.74) is 0. The van der Waals surface area contributed by atoms with E-state index in [0.29, 0.717) is 0 Å². The molecule has 0 heterocycles. The van der Waals surface area contributed by atoms with Crippen LogP contribution < -0.4 is 0 Å². The third-order valence-corrected chi connectivity index (χ3v) is 0. The van der Waals surface area contributed by atoms with E-state index >= 15 is 0 Å². The van der Waals surface area contributed by atoms with Crippen molar-refractivity contribution in [3.8, 4) is 0 Å². The predicted octanol–water partition coefficient (Wildman–Crippen LogP) is 0.0189. The van der Waals surface area contributed by atoms with Crippen molar-refractivity contribution in [3.05, 3.63) is 0 Å². The van der Waals surface area contributed by atoms with Crippen LogP contribution in [-0.4, -0.2) is 24.8 Å². The van der Waals surface area contributed by atoms with Gasteiger partial charge in [0.1, 0.15) is 12.6 Å². The van der Waals surface area contributed by atoms with Crippen molar-refractivity contribution >= 4 is 12.6 Å². The fourth-order valence-corrected chi connectivity index (χ4v) is 0. The van der Waals surface area contributed by atoms with E-state index in [1.807, 2.05) is 6.79 Å². The van der Waals surface area contributed by atoms with Crippen molar-refractivity contribution in [2.24, 2.45) is 0 Å². The molecule has 0 bridgehead atoms. The minimum absolute atomic E-state index is 0.167. The van der Waals surface area contributed by atoms with Crippen LogP contribution in [0.2, 0.25) is 0 Å². The van der Waals surface area contributed by atoms with E-state index in [1.54, 1.807) is 0 Å². The molecule has 0 aromatic carbocycles. The van der Waals surface area contributed by atoms with Crippen LogP contribution in [0.4, 0.5) is 0 Å². The number of carbonyl (C=O) groups excluding carboxylic acids is 2. The molecule has 3 heteroatoms. The van der Waals surface area contributed by atoms with Gasteiger partial charge in [-0.1, -0.05) is 0 Å². The van der Waals surface area contributed by atoms with E-state index in [-0.39, 0.29) is 5.78 Å². The predicted molar refractivity (Wildman–Crippen MR) is 31.6 cm³/mol. The van der Waals surface area contributed by atoms with Crippen molar-refractivity contribution in [3.63, 3.8) is 0 Å². The second-order valence-corrected chi connectivity index (χ2v) is 0.908. The first-order valence-corrected chi connectivity index (χ1v) is 1.94. The van der Waals surface area contributed by atoms with Crippen LogP contribution >= 0.6 is 0 Å². The van der Waals surface area contributed by atoms with Crippen molar-refractivity contribution in [1.29, 1.82) is 0 Å². The highest BCUT2D eigenvalue weighted by Crippen LogP contribution is 1.50. The first-order valence-electron chi connectivity index (χ1n) is 1.94. The Labute approximate surface area is 49.3 Å². The highest BCUT2D eigenvalue weighted by atomic mass is 16.2. The van der Waals surface area contributed by atoms with E-state index in [1.165, 1.54) is 13.8 Å². The molecule has 0 aromatic rings. The summed E-state index contributed by atoms with van der Waals surface area (Å²) in [6.45, 7) is 5.06. The van der Waals surface area contributed by atoms with E-state index in [4.69, 9.17) is 9.90 Å². The summed E-state index contributed by atoms with van der Waals surface area (Å²) in [4.78, 5) is 17.4. The summed E-state index contributed by atoms with van der Waals surface area (Å²) in [7, 11) is 1.00. The highest BCUT2D eigenvalue weighted by molar-refractivity contribution is 5.72. The van der Waals surface area contributed by atoms with Gasteiger partial charge in [-0.15, -0.1) is 0 Å². The molecular weight excluding hydrogens is 108 g/mol. The maximum Gasteiger partial charge on any atom is 0.126 e. The molecule has 0 saturated carbocycles. The Morgan fingerprint density at radius 2 is 1.25 bits per heavy atom. The summed E-state index contributed by atoms with van der Waals surface area (Å²) in [6.07, 6.45) is 0. The fourth-order valence-electron chi connectivity index (χ4n) is 0.